The van der Waals surface area contributed by atoms with E-state index < -0.39 is 18.0 Å². The molecule has 6 nitrogen and oxygen atoms in total. The Balaban J connectivity index is 2.48. The van der Waals surface area contributed by atoms with Crippen LogP contribution in [-0.2, 0) is 20.8 Å². The van der Waals surface area contributed by atoms with Crippen molar-refractivity contribution < 1.29 is 14.4 Å². The molecule has 0 aliphatic heterocycles. The molecule has 2 amide bonds. The van der Waals surface area contributed by atoms with E-state index in [2.05, 4.69) is 5.32 Å². The lowest BCUT2D eigenvalue weighted by molar-refractivity contribution is -0.125. The van der Waals surface area contributed by atoms with Gasteiger partial charge in [0.25, 0.3) is 0 Å². The molecule has 0 fully saturated rings. The number of carbonyl (C=O) groups is 3. The van der Waals surface area contributed by atoms with Crippen LogP contribution in [0.25, 0.3) is 0 Å². The second kappa shape index (κ2) is 8.43. The van der Waals surface area contributed by atoms with Crippen LogP contribution in [0, 0.1) is 0 Å². The minimum Gasteiger partial charge on any atom is -0.368 e. The predicted octanol–water partition coefficient (Wildman–Crippen LogP) is -0.194. The Bertz CT molecular complexity index is 507. The number of hydrogen-bond acceptors (Lipinski definition) is 5. The van der Waals surface area contributed by atoms with Crippen LogP contribution in [0.15, 0.2) is 30.3 Å². The van der Waals surface area contributed by atoms with Crippen molar-refractivity contribution in [3.8, 4) is 0 Å². The summed E-state index contributed by atoms with van der Waals surface area (Å²) in [4.78, 5) is 34.0. The SMILES string of the molecule is CC(=O)N[C@@H](CSC(=O)[C@@H](N)Cc1ccccc1)C(N)=O. The maximum atomic E-state index is 11.9. The molecule has 2 atom stereocenters. The number of thioether (sulfide) groups is 1. The van der Waals surface area contributed by atoms with Crippen molar-refractivity contribution in [1.29, 1.82) is 0 Å². The Labute approximate surface area is 127 Å². The van der Waals surface area contributed by atoms with Crippen LogP contribution in [0.1, 0.15) is 12.5 Å². The monoisotopic (exact) mass is 309 g/mol. The molecule has 0 heterocycles. The summed E-state index contributed by atoms with van der Waals surface area (Å²) >= 11 is 0.903. The summed E-state index contributed by atoms with van der Waals surface area (Å²) in [7, 11) is 0. The third-order valence-corrected chi connectivity index (χ3v) is 3.80. The molecule has 1 rings (SSSR count). The molecule has 0 saturated heterocycles. The lowest BCUT2D eigenvalue weighted by atomic mass is 10.1. The van der Waals surface area contributed by atoms with Gasteiger partial charge in [0.15, 0.2) is 0 Å². The average Bonchev–Trinajstić information content (AvgIpc) is 2.43. The van der Waals surface area contributed by atoms with Gasteiger partial charge in [0.1, 0.15) is 6.04 Å². The van der Waals surface area contributed by atoms with Crippen LogP contribution in [0.5, 0.6) is 0 Å². The number of carbonyl (C=O) groups excluding carboxylic acids is 3. The lowest BCUT2D eigenvalue weighted by Gasteiger charge is -2.15. The molecule has 1 aromatic carbocycles. The normalized spacial score (nSPS) is 13.2. The second-order valence-electron chi connectivity index (χ2n) is 4.58. The summed E-state index contributed by atoms with van der Waals surface area (Å²) in [6, 6.07) is 7.88. The third kappa shape index (κ3) is 6.42. The minimum absolute atomic E-state index is 0.0796. The first-order valence-corrected chi connectivity index (χ1v) is 7.41. The van der Waals surface area contributed by atoms with Gasteiger partial charge in [0.05, 0.1) is 6.04 Å². The van der Waals surface area contributed by atoms with Gasteiger partial charge < -0.3 is 16.8 Å². The number of benzene rings is 1. The zero-order valence-corrected chi connectivity index (χ0v) is 12.6. The maximum Gasteiger partial charge on any atom is 0.240 e. The van der Waals surface area contributed by atoms with E-state index in [1.54, 1.807) is 0 Å². The summed E-state index contributed by atoms with van der Waals surface area (Å²) in [5, 5.41) is 2.16. The second-order valence-corrected chi connectivity index (χ2v) is 5.61. The largest absolute Gasteiger partial charge is 0.368 e. The van der Waals surface area contributed by atoms with Crippen LogP contribution in [0.2, 0.25) is 0 Å². The van der Waals surface area contributed by atoms with E-state index in [-0.39, 0.29) is 16.8 Å². The summed E-state index contributed by atoms with van der Waals surface area (Å²) < 4.78 is 0. The fourth-order valence-corrected chi connectivity index (χ4v) is 2.54. The highest BCUT2D eigenvalue weighted by Gasteiger charge is 2.21. The van der Waals surface area contributed by atoms with Crippen LogP contribution >= 0.6 is 11.8 Å². The van der Waals surface area contributed by atoms with Gasteiger partial charge in [-0.2, -0.15) is 0 Å². The van der Waals surface area contributed by atoms with E-state index in [4.69, 9.17) is 11.5 Å². The van der Waals surface area contributed by atoms with Crippen molar-refractivity contribution in [2.24, 2.45) is 11.5 Å². The van der Waals surface area contributed by atoms with Gasteiger partial charge in [-0.05, 0) is 12.0 Å². The smallest absolute Gasteiger partial charge is 0.240 e. The Morgan fingerprint density at radius 2 is 1.86 bits per heavy atom. The molecule has 21 heavy (non-hydrogen) atoms. The van der Waals surface area contributed by atoms with Crippen molar-refractivity contribution >= 4 is 28.7 Å². The highest BCUT2D eigenvalue weighted by molar-refractivity contribution is 8.13. The molecule has 114 valence electrons. The number of nitrogens with two attached hydrogens (primary N) is 2. The fourth-order valence-electron chi connectivity index (χ4n) is 1.66. The third-order valence-electron chi connectivity index (χ3n) is 2.71. The van der Waals surface area contributed by atoms with Gasteiger partial charge in [-0.1, -0.05) is 42.1 Å². The van der Waals surface area contributed by atoms with Gasteiger partial charge >= 0.3 is 0 Å². The van der Waals surface area contributed by atoms with Gasteiger partial charge in [0, 0.05) is 12.7 Å². The molecule has 0 saturated carbocycles. The van der Waals surface area contributed by atoms with E-state index in [0.717, 1.165) is 17.3 Å². The van der Waals surface area contributed by atoms with E-state index >= 15 is 0 Å². The van der Waals surface area contributed by atoms with Crippen molar-refractivity contribution in [2.75, 3.05) is 5.75 Å². The zero-order chi connectivity index (χ0) is 15.8. The molecule has 0 unspecified atom stereocenters. The van der Waals surface area contributed by atoms with Crippen molar-refractivity contribution in [1.82, 2.24) is 5.32 Å². The van der Waals surface area contributed by atoms with Crippen LogP contribution in [0.4, 0.5) is 0 Å². The minimum atomic E-state index is -0.875. The summed E-state index contributed by atoms with van der Waals surface area (Å²) in [6.45, 7) is 1.28. The first-order chi connectivity index (χ1) is 9.90. The topological polar surface area (TPSA) is 115 Å². The molecule has 5 N–H and O–H groups in total. The fraction of sp³-hybridized carbons (Fsp3) is 0.357. The average molecular weight is 309 g/mol. The molecule has 0 bridgehead atoms. The van der Waals surface area contributed by atoms with Crippen LogP contribution < -0.4 is 16.8 Å². The number of amides is 2. The lowest BCUT2D eigenvalue weighted by Crippen LogP contribution is -2.46. The van der Waals surface area contributed by atoms with E-state index in [1.165, 1.54) is 6.92 Å². The molecule has 0 aromatic heterocycles. The zero-order valence-electron chi connectivity index (χ0n) is 11.7. The van der Waals surface area contributed by atoms with Gasteiger partial charge in [-0.25, -0.2) is 0 Å². The van der Waals surface area contributed by atoms with Crippen molar-refractivity contribution in [2.45, 2.75) is 25.4 Å². The summed E-state index contributed by atoms with van der Waals surface area (Å²) in [5.74, 6) is -0.974. The molecule has 0 radical (unpaired) electrons. The van der Waals surface area contributed by atoms with Gasteiger partial charge in [0.2, 0.25) is 16.9 Å². The molecule has 0 aliphatic carbocycles. The first kappa shape index (κ1) is 17.2. The Morgan fingerprint density at radius 3 is 2.38 bits per heavy atom. The predicted molar refractivity (Wildman–Crippen MR) is 82.4 cm³/mol. The maximum absolute atomic E-state index is 11.9. The molecular formula is C14H19N3O3S. The molecule has 0 spiro atoms. The Hall–Kier alpha value is -1.86. The summed E-state index contributed by atoms with van der Waals surface area (Å²) in [5.41, 5.74) is 12.0. The molecule has 7 heteroatoms. The number of hydrogen-bond donors (Lipinski definition) is 3. The Kier molecular flexibility index (Phi) is 6.90. The van der Waals surface area contributed by atoms with Crippen LogP contribution in [0.3, 0.4) is 0 Å². The molecular weight excluding hydrogens is 290 g/mol. The molecule has 0 aliphatic rings. The van der Waals surface area contributed by atoms with E-state index in [1.807, 2.05) is 30.3 Å². The van der Waals surface area contributed by atoms with Crippen LogP contribution in [-0.4, -0.2) is 34.8 Å². The highest BCUT2D eigenvalue weighted by atomic mass is 32.2. The number of nitrogens with one attached hydrogen (secondary N) is 1. The summed E-state index contributed by atoms with van der Waals surface area (Å²) in [6.07, 6.45) is 0.425. The van der Waals surface area contributed by atoms with Gasteiger partial charge in [-0.3, -0.25) is 14.4 Å². The molecule has 1 aromatic rings. The number of rotatable bonds is 7. The van der Waals surface area contributed by atoms with E-state index in [9.17, 15) is 14.4 Å². The number of primary amides is 1. The highest BCUT2D eigenvalue weighted by Crippen LogP contribution is 2.11. The van der Waals surface area contributed by atoms with Gasteiger partial charge in [-0.15, -0.1) is 0 Å². The standard InChI is InChI=1S/C14H19N3O3S/c1-9(18)17-12(13(16)19)8-21-14(20)11(15)7-10-5-3-2-4-6-10/h2-6,11-12H,7-8,15H2,1H3,(H2,16,19)(H,17,18)/t11-,12-/m0/s1. The van der Waals surface area contributed by atoms with E-state index in [0.29, 0.717) is 6.42 Å². The first-order valence-electron chi connectivity index (χ1n) is 6.42. The van der Waals surface area contributed by atoms with Crippen molar-refractivity contribution in [3.05, 3.63) is 35.9 Å². The quantitative estimate of drug-likeness (QED) is 0.645. The Morgan fingerprint density at radius 1 is 1.24 bits per heavy atom. The van der Waals surface area contributed by atoms with Crippen molar-refractivity contribution in [3.63, 3.8) is 0 Å².